The molecule has 1 aliphatic heterocycles. The number of anilines is 2. The van der Waals surface area contributed by atoms with Gasteiger partial charge in [0, 0.05) is 36.0 Å². The van der Waals surface area contributed by atoms with E-state index in [0.29, 0.717) is 18.1 Å². The van der Waals surface area contributed by atoms with Crippen molar-refractivity contribution in [2.45, 2.75) is 39.8 Å². The molecule has 0 saturated carbocycles. The first kappa shape index (κ1) is 17.6. The Bertz CT molecular complexity index is 929. The van der Waals surface area contributed by atoms with Crippen molar-refractivity contribution in [1.82, 2.24) is 14.5 Å². The van der Waals surface area contributed by atoms with Crippen LogP contribution in [0.15, 0.2) is 24.0 Å². The van der Waals surface area contributed by atoms with Gasteiger partial charge in [-0.3, -0.25) is 4.79 Å². The van der Waals surface area contributed by atoms with Crippen LogP contribution in [0.4, 0.5) is 11.6 Å². The normalized spacial score (nSPS) is 21.3. The molecular weight excluding hydrogens is 342 g/mol. The molecule has 7 nitrogen and oxygen atoms in total. The lowest BCUT2D eigenvalue weighted by Crippen LogP contribution is -2.44. The van der Waals surface area contributed by atoms with E-state index in [4.69, 9.17) is 10.5 Å². The van der Waals surface area contributed by atoms with Crippen molar-refractivity contribution in [2.24, 2.45) is 5.92 Å². The lowest BCUT2D eigenvalue weighted by atomic mass is 9.77. The molecule has 27 heavy (non-hydrogen) atoms. The van der Waals surface area contributed by atoms with E-state index < -0.39 is 0 Å². The van der Waals surface area contributed by atoms with E-state index in [1.54, 1.807) is 12.4 Å². The number of aromatic nitrogens is 3. The second-order valence-corrected chi connectivity index (χ2v) is 7.38. The van der Waals surface area contributed by atoms with E-state index in [1.807, 2.05) is 0 Å². The standard InChI is InChI=1S/C20H25N5O2/c1-11-7-16-12(2)15(8-17(26)27-4)13(3)18-19(16)24(11)5-6-25(18)20-22-9-14(21)10-23-20/h7,9-10,13,18H,5-6,8,21H2,1-4H3. The van der Waals surface area contributed by atoms with Crippen molar-refractivity contribution in [1.29, 1.82) is 0 Å². The molecule has 2 N–H and O–H groups in total. The molecule has 142 valence electrons. The molecule has 0 radical (unpaired) electrons. The summed E-state index contributed by atoms with van der Waals surface area (Å²) in [5.41, 5.74) is 12.4. The molecule has 0 spiro atoms. The van der Waals surface area contributed by atoms with Crippen LogP contribution in [-0.2, 0) is 16.1 Å². The van der Waals surface area contributed by atoms with Crippen molar-refractivity contribution >= 4 is 23.2 Å². The minimum absolute atomic E-state index is 0.0782. The molecule has 2 aromatic rings. The van der Waals surface area contributed by atoms with E-state index in [9.17, 15) is 4.79 Å². The Hall–Kier alpha value is -2.83. The van der Waals surface area contributed by atoms with Gasteiger partial charge in [-0.25, -0.2) is 9.97 Å². The Balaban J connectivity index is 1.85. The zero-order chi connectivity index (χ0) is 19.3. The highest BCUT2D eigenvalue weighted by atomic mass is 16.5. The average Bonchev–Trinajstić information content (AvgIpc) is 3.01. The summed E-state index contributed by atoms with van der Waals surface area (Å²) in [6.45, 7) is 8.13. The first-order valence-corrected chi connectivity index (χ1v) is 9.23. The zero-order valence-corrected chi connectivity index (χ0v) is 16.2. The third-order valence-electron chi connectivity index (χ3n) is 5.91. The molecule has 7 heteroatoms. The molecule has 2 aliphatic rings. The number of aryl methyl sites for hydroxylation is 1. The molecule has 0 bridgehead atoms. The number of hydrogen-bond donors (Lipinski definition) is 1. The highest BCUT2D eigenvalue weighted by Gasteiger charge is 2.41. The second-order valence-electron chi connectivity index (χ2n) is 7.38. The summed E-state index contributed by atoms with van der Waals surface area (Å²) in [4.78, 5) is 23.2. The number of hydrogen-bond acceptors (Lipinski definition) is 6. The molecule has 2 unspecified atom stereocenters. The summed E-state index contributed by atoms with van der Waals surface area (Å²) >= 11 is 0. The van der Waals surface area contributed by atoms with Crippen LogP contribution in [0.1, 0.15) is 43.3 Å². The monoisotopic (exact) mass is 367 g/mol. The van der Waals surface area contributed by atoms with Crippen LogP contribution in [0.25, 0.3) is 5.57 Å². The van der Waals surface area contributed by atoms with Crippen molar-refractivity contribution in [3.8, 4) is 0 Å². The topological polar surface area (TPSA) is 86.3 Å². The van der Waals surface area contributed by atoms with Gasteiger partial charge in [0.2, 0.25) is 5.95 Å². The van der Waals surface area contributed by atoms with E-state index in [2.05, 4.69) is 46.3 Å². The van der Waals surface area contributed by atoms with Crippen LogP contribution in [0.3, 0.4) is 0 Å². The molecule has 1 aliphatic carbocycles. The van der Waals surface area contributed by atoms with Gasteiger partial charge in [0.05, 0.1) is 37.7 Å². The zero-order valence-electron chi connectivity index (χ0n) is 16.2. The quantitative estimate of drug-likeness (QED) is 0.840. The van der Waals surface area contributed by atoms with Crippen LogP contribution in [-0.4, -0.2) is 34.2 Å². The minimum Gasteiger partial charge on any atom is -0.469 e. The van der Waals surface area contributed by atoms with E-state index in [0.717, 1.165) is 18.7 Å². The van der Waals surface area contributed by atoms with Gasteiger partial charge in [-0.05, 0) is 25.5 Å². The molecule has 4 rings (SSSR count). The maximum absolute atomic E-state index is 12.0. The summed E-state index contributed by atoms with van der Waals surface area (Å²) in [5.74, 6) is 0.613. The smallest absolute Gasteiger partial charge is 0.309 e. The number of nitrogen functional groups attached to an aromatic ring is 1. The van der Waals surface area contributed by atoms with Gasteiger partial charge in [0.15, 0.2) is 0 Å². The lowest BCUT2D eigenvalue weighted by molar-refractivity contribution is -0.139. The number of ether oxygens (including phenoxy) is 1. The molecule has 0 amide bonds. The van der Waals surface area contributed by atoms with Gasteiger partial charge in [0.1, 0.15) is 0 Å². The third-order valence-corrected chi connectivity index (χ3v) is 5.91. The number of carbonyl (C=O) groups is 1. The van der Waals surface area contributed by atoms with Crippen molar-refractivity contribution in [3.05, 3.63) is 41.0 Å². The number of carbonyl (C=O) groups excluding carboxylic acids is 1. The molecule has 2 atom stereocenters. The van der Waals surface area contributed by atoms with E-state index >= 15 is 0 Å². The maximum Gasteiger partial charge on any atom is 0.309 e. The number of allylic oxidation sites excluding steroid dienone is 1. The van der Waals surface area contributed by atoms with Crippen LogP contribution in [0, 0.1) is 12.8 Å². The fourth-order valence-electron chi connectivity index (χ4n) is 4.54. The van der Waals surface area contributed by atoms with Gasteiger partial charge in [-0.15, -0.1) is 0 Å². The Labute approximate surface area is 158 Å². The summed E-state index contributed by atoms with van der Waals surface area (Å²) in [7, 11) is 1.44. The maximum atomic E-state index is 12.0. The van der Waals surface area contributed by atoms with Crippen molar-refractivity contribution in [3.63, 3.8) is 0 Å². The largest absolute Gasteiger partial charge is 0.469 e. The lowest BCUT2D eigenvalue weighted by Gasteiger charge is -2.44. The minimum atomic E-state index is -0.207. The van der Waals surface area contributed by atoms with Crippen LogP contribution in [0.5, 0.6) is 0 Å². The van der Waals surface area contributed by atoms with Gasteiger partial charge in [-0.1, -0.05) is 12.5 Å². The Morgan fingerprint density at radius 2 is 2.00 bits per heavy atom. The Morgan fingerprint density at radius 3 is 2.67 bits per heavy atom. The molecule has 3 heterocycles. The Kier molecular flexibility index (Phi) is 4.17. The first-order chi connectivity index (χ1) is 12.9. The van der Waals surface area contributed by atoms with E-state index in [1.165, 1.54) is 29.6 Å². The number of rotatable bonds is 3. The number of methoxy groups -OCH3 is 1. The summed E-state index contributed by atoms with van der Waals surface area (Å²) in [6, 6.07) is 2.31. The predicted molar refractivity (Wildman–Crippen MR) is 104 cm³/mol. The highest BCUT2D eigenvalue weighted by molar-refractivity contribution is 5.81. The van der Waals surface area contributed by atoms with Gasteiger partial charge < -0.3 is 19.9 Å². The molecule has 0 aromatic carbocycles. The van der Waals surface area contributed by atoms with Crippen molar-refractivity contribution in [2.75, 3.05) is 24.3 Å². The van der Waals surface area contributed by atoms with Gasteiger partial charge in [-0.2, -0.15) is 0 Å². The highest BCUT2D eigenvalue weighted by Crippen LogP contribution is 2.48. The molecule has 0 saturated heterocycles. The number of esters is 1. The molecular formula is C20H25N5O2. The Morgan fingerprint density at radius 1 is 1.30 bits per heavy atom. The summed E-state index contributed by atoms with van der Waals surface area (Å²) < 4.78 is 7.34. The SMILES string of the molecule is COC(=O)CC1=C(C)c2cc(C)n3c2C(C1C)N(c1ncc(N)cn1)CC3. The predicted octanol–water partition coefficient (Wildman–Crippen LogP) is 2.72. The fourth-order valence-corrected chi connectivity index (χ4v) is 4.54. The average molecular weight is 367 g/mol. The fraction of sp³-hybridized carbons (Fsp3) is 0.450. The van der Waals surface area contributed by atoms with Crippen LogP contribution < -0.4 is 10.6 Å². The van der Waals surface area contributed by atoms with Crippen LogP contribution in [0.2, 0.25) is 0 Å². The summed E-state index contributed by atoms with van der Waals surface area (Å²) in [5, 5.41) is 0. The summed E-state index contributed by atoms with van der Waals surface area (Å²) in [6.07, 6.45) is 3.60. The van der Waals surface area contributed by atoms with Crippen LogP contribution >= 0.6 is 0 Å². The van der Waals surface area contributed by atoms with Gasteiger partial charge in [0.25, 0.3) is 0 Å². The third kappa shape index (κ3) is 2.69. The second kappa shape index (κ2) is 6.40. The van der Waals surface area contributed by atoms with Crippen molar-refractivity contribution < 1.29 is 9.53 Å². The first-order valence-electron chi connectivity index (χ1n) is 9.23. The molecule has 0 fully saturated rings. The molecule has 2 aromatic heterocycles. The van der Waals surface area contributed by atoms with E-state index in [-0.39, 0.29) is 17.9 Å². The van der Waals surface area contributed by atoms with Gasteiger partial charge >= 0.3 is 5.97 Å². The number of nitrogens with zero attached hydrogens (tertiary/aromatic N) is 4. The number of nitrogens with two attached hydrogens (primary N) is 1.